The van der Waals surface area contributed by atoms with E-state index < -0.39 is 17.9 Å². The number of hydrogen-bond acceptors (Lipinski definition) is 4. The molecule has 0 fully saturated rings. The monoisotopic (exact) mass is 357 g/mol. The first-order valence-corrected chi connectivity index (χ1v) is 8.93. The molecule has 2 heterocycles. The van der Waals surface area contributed by atoms with Crippen molar-refractivity contribution < 1.29 is 14.7 Å². The van der Waals surface area contributed by atoms with Gasteiger partial charge < -0.3 is 15.4 Å². The summed E-state index contributed by atoms with van der Waals surface area (Å²) in [5.74, 6) is -1.45. The maximum absolute atomic E-state index is 12.4. The highest BCUT2D eigenvalue weighted by Gasteiger charge is 2.23. The minimum atomic E-state index is -1.06. The van der Waals surface area contributed by atoms with Crippen molar-refractivity contribution in [1.29, 1.82) is 0 Å². The number of carboxylic acids is 1. The number of aryl methyl sites for hydroxylation is 1. The summed E-state index contributed by atoms with van der Waals surface area (Å²) in [7, 11) is 0. The fraction of sp³-hybridized carbons (Fsp3) is 0.278. The predicted molar refractivity (Wildman–Crippen MR) is 97.0 cm³/mol. The van der Waals surface area contributed by atoms with Crippen molar-refractivity contribution in [3.63, 3.8) is 0 Å². The zero-order valence-corrected chi connectivity index (χ0v) is 14.6. The summed E-state index contributed by atoms with van der Waals surface area (Å²) in [6, 6.07) is 6.68. The van der Waals surface area contributed by atoms with Crippen LogP contribution in [0.4, 0.5) is 0 Å². The van der Waals surface area contributed by atoms with E-state index in [2.05, 4.69) is 15.3 Å². The average Bonchev–Trinajstić information content (AvgIpc) is 3.22. The summed E-state index contributed by atoms with van der Waals surface area (Å²) < 4.78 is 0. The third-order valence-electron chi connectivity index (χ3n) is 3.94. The number of carboxylic acid groups (broad SMARTS) is 1. The number of para-hydroxylation sites is 1. The number of amides is 1. The normalized spacial score (nSPS) is 12.2. The van der Waals surface area contributed by atoms with Crippen molar-refractivity contribution >= 4 is 34.1 Å². The van der Waals surface area contributed by atoms with Gasteiger partial charge in [0.15, 0.2) is 0 Å². The van der Waals surface area contributed by atoms with Gasteiger partial charge in [-0.3, -0.25) is 4.79 Å². The molecule has 130 valence electrons. The van der Waals surface area contributed by atoms with E-state index in [0.29, 0.717) is 4.88 Å². The molecule has 7 heteroatoms. The summed E-state index contributed by atoms with van der Waals surface area (Å²) in [4.78, 5) is 31.7. The molecular formula is C18H19N3O3S. The largest absolute Gasteiger partial charge is 0.480 e. The number of carbonyl (C=O) groups excluding carboxylic acids is 1. The maximum Gasteiger partial charge on any atom is 0.326 e. The predicted octanol–water partition coefficient (Wildman–Crippen LogP) is 3.00. The molecule has 3 aromatic rings. The van der Waals surface area contributed by atoms with E-state index in [1.54, 1.807) is 6.20 Å². The Morgan fingerprint density at radius 3 is 2.92 bits per heavy atom. The Labute approximate surface area is 148 Å². The minimum absolute atomic E-state index is 0.214. The standard InChI is InChI=1S/C18H19N3O3S/c1-2-5-16-20-10-15(25-16)17(22)21-14(18(23)24)8-11-9-19-13-7-4-3-6-12(11)13/h3-4,6-7,9-10,14,19H,2,5,8H2,1H3,(H,21,22)(H,23,24). The van der Waals surface area contributed by atoms with Gasteiger partial charge in [-0.25, -0.2) is 9.78 Å². The van der Waals surface area contributed by atoms with Crippen LogP contribution >= 0.6 is 11.3 Å². The number of nitrogens with one attached hydrogen (secondary N) is 2. The molecule has 3 N–H and O–H groups in total. The molecule has 1 aromatic carbocycles. The van der Waals surface area contributed by atoms with Gasteiger partial charge in [0.1, 0.15) is 10.9 Å². The zero-order valence-electron chi connectivity index (χ0n) is 13.8. The van der Waals surface area contributed by atoms with Crippen molar-refractivity contribution in [1.82, 2.24) is 15.3 Å². The second-order valence-electron chi connectivity index (χ2n) is 5.80. The number of hydrogen-bond donors (Lipinski definition) is 3. The van der Waals surface area contributed by atoms with Gasteiger partial charge in [0.25, 0.3) is 5.91 Å². The number of benzene rings is 1. The van der Waals surface area contributed by atoms with Gasteiger partial charge in [0.2, 0.25) is 0 Å². The topological polar surface area (TPSA) is 95.1 Å². The summed E-state index contributed by atoms with van der Waals surface area (Å²) in [5, 5.41) is 14.0. The molecule has 0 aliphatic rings. The van der Waals surface area contributed by atoms with Crippen LogP contribution in [0.5, 0.6) is 0 Å². The first-order valence-electron chi connectivity index (χ1n) is 8.12. The van der Waals surface area contributed by atoms with E-state index in [-0.39, 0.29) is 6.42 Å². The quantitative estimate of drug-likeness (QED) is 0.606. The van der Waals surface area contributed by atoms with Crippen LogP contribution in [0.3, 0.4) is 0 Å². The smallest absolute Gasteiger partial charge is 0.326 e. The zero-order chi connectivity index (χ0) is 17.8. The second kappa shape index (κ2) is 7.48. The fourth-order valence-electron chi connectivity index (χ4n) is 2.69. The number of H-pyrrole nitrogens is 1. The molecule has 6 nitrogen and oxygen atoms in total. The SMILES string of the molecule is CCCc1ncc(C(=O)NC(Cc2c[nH]c3ccccc23)C(=O)O)s1. The number of aromatic amines is 1. The van der Waals surface area contributed by atoms with Crippen LogP contribution in [0.25, 0.3) is 10.9 Å². The Balaban J connectivity index is 1.74. The lowest BCUT2D eigenvalue weighted by Gasteiger charge is -2.13. The maximum atomic E-state index is 12.4. The van der Waals surface area contributed by atoms with Gasteiger partial charge in [-0.15, -0.1) is 11.3 Å². The molecule has 25 heavy (non-hydrogen) atoms. The summed E-state index contributed by atoms with van der Waals surface area (Å²) >= 11 is 1.31. The van der Waals surface area contributed by atoms with Crippen molar-refractivity contribution in [2.45, 2.75) is 32.2 Å². The molecule has 2 aromatic heterocycles. The fourth-order valence-corrected chi connectivity index (χ4v) is 3.62. The molecule has 1 unspecified atom stereocenters. The van der Waals surface area contributed by atoms with Gasteiger partial charge in [-0.1, -0.05) is 25.1 Å². The number of rotatable bonds is 7. The van der Waals surface area contributed by atoms with Crippen LogP contribution in [0, 0.1) is 0 Å². The van der Waals surface area contributed by atoms with Crippen LogP contribution in [-0.4, -0.2) is 33.0 Å². The highest BCUT2D eigenvalue weighted by atomic mass is 32.1. The van der Waals surface area contributed by atoms with Crippen molar-refractivity contribution in [2.24, 2.45) is 0 Å². The Morgan fingerprint density at radius 2 is 2.16 bits per heavy atom. The lowest BCUT2D eigenvalue weighted by Crippen LogP contribution is -2.42. The lowest BCUT2D eigenvalue weighted by atomic mass is 10.0. The third-order valence-corrected chi connectivity index (χ3v) is 5.00. The highest BCUT2D eigenvalue weighted by molar-refractivity contribution is 7.13. The number of aromatic nitrogens is 2. The lowest BCUT2D eigenvalue weighted by molar-refractivity contribution is -0.139. The van der Waals surface area contributed by atoms with E-state index in [9.17, 15) is 14.7 Å². The molecule has 0 bridgehead atoms. The number of carbonyl (C=O) groups is 2. The van der Waals surface area contributed by atoms with Gasteiger partial charge >= 0.3 is 5.97 Å². The first-order chi connectivity index (χ1) is 12.1. The van der Waals surface area contributed by atoms with Gasteiger partial charge in [0.05, 0.1) is 11.2 Å². The molecular weight excluding hydrogens is 338 g/mol. The van der Waals surface area contributed by atoms with Crippen molar-refractivity contribution in [3.8, 4) is 0 Å². The molecule has 3 rings (SSSR count). The molecule has 0 saturated heterocycles. The van der Waals surface area contributed by atoms with Crippen LogP contribution in [0.15, 0.2) is 36.7 Å². The Morgan fingerprint density at radius 1 is 1.36 bits per heavy atom. The Bertz CT molecular complexity index is 900. The van der Waals surface area contributed by atoms with E-state index in [0.717, 1.165) is 34.3 Å². The van der Waals surface area contributed by atoms with E-state index in [1.807, 2.05) is 31.2 Å². The molecule has 0 spiro atoms. The summed E-state index contributed by atoms with van der Waals surface area (Å²) in [5.41, 5.74) is 1.80. The van der Waals surface area contributed by atoms with Crippen LogP contribution in [0.1, 0.15) is 33.6 Å². The second-order valence-corrected chi connectivity index (χ2v) is 6.91. The highest BCUT2D eigenvalue weighted by Crippen LogP contribution is 2.20. The summed E-state index contributed by atoms with van der Waals surface area (Å²) in [6.07, 6.45) is 5.28. The molecule has 1 amide bonds. The van der Waals surface area contributed by atoms with Crippen LogP contribution in [0.2, 0.25) is 0 Å². The third kappa shape index (κ3) is 3.88. The minimum Gasteiger partial charge on any atom is -0.480 e. The molecule has 0 radical (unpaired) electrons. The average molecular weight is 357 g/mol. The number of fused-ring (bicyclic) bond motifs is 1. The number of nitrogens with zero attached hydrogens (tertiary/aromatic N) is 1. The first kappa shape index (κ1) is 17.2. The summed E-state index contributed by atoms with van der Waals surface area (Å²) in [6.45, 7) is 2.04. The van der Waals surface area contributed by atoms with Gasteiger partial charge in [-0.05, 0) is 24.5 Å². The van der Waals surface area contributed by atoms with E-state index >= 15 is 0 Å². The molecule has 0 aliphatic carbocycles. The number of thiazole rings is 1. The Kier molecular flexibility index (Phi) is 5.14. The van der Waals surface area contributed by atoms with Gasteiger partial charge in [0, 0.05) is 23.5 Å². The molecule has 0 aliphatic heterocycles. The van der Waals surface area contributed by atoms with E-state index in [4.69, 9.17) is 0 Å². The molecule has 0 saturated carbocycles. The van der Waals surface area contributed by atoms with Crippen LogP contribution in [-0.2, 0) is 17.6 Å². The molecule has 1 atom stereocenters. The van der Waals surface area contributed by atoms with Gasteiger partial charge in [-0.2, -0.15) is 0 Å². The van der Waals surface area contributed by atoms with Crippen LogP contribution < -0.4 is 5.32 Å². The van der Waals surface area contributed by atoms with Crippen molar-refractivity contribution in [3.05, 3.63) is 52.1 Å². The number of aliphatic carboxylic acids is 1. The van der Waals surface area contributed by atoms with E-state index in [1.165, 1.54) is 17.5 Å². The Hall–Kier alpha value is -2.67. The van der Waals surface area contributed by atoms with Crippen molar-refractivity contribution in [2.75, 3.05) is 0 Å².